The number of amides is 5. The van der Waals surface area contributed by atoms with Gasteiger partial charge in [-0.05, 0) is 97.5 Å². The molecule has 5 aromatic rings. The van der Waals surface area contributed by atoms with Crippen LogP contribution in [0.1, 0.15) is 74.3 Å². The van der Waals surface area contributed by atoms with Gasteiger partial charge in [-0.3, -0.25) is 44.1 Å². The third-order valence-corrected chi connectivity index (χ3v) is 13.5. The van der Waals surface area contributed by atoms with Gasteiger partial charge in [0.25, 0.3) is 11.8 Å². The number of hydrogen-bond acceptors (Lipinski definition) is 15. The zero-order chi connectivity index (χ0) is 54.1. The van der Waals surface area contributed by atoms with E-state index in [4.69, 9.17) is 23.7 Å². The molecular formula is C55H65F2N9O11. The molecule has 0 bridgehead atoms. The van der Waals surface area contributed by atoms with Crippen molar-refractivity contribution in [2.24, 2.45) is 0 Å². The third kappa shape index (κ3) is 15.6. The van der Waals surface area contributed by atoms with Crippen LogP contribution in [0.25, 0.3) is 10.9 Å². The van der Waals surface area contributed by atoms with Gasteiger partial charge in [0.15, 0.2) is 12.1 Å². The van der Waals surface area contributed by atoms with E-state index in [1.807, 2.05) is 41.3 Å². The summed E-state index contributed by atoms with van der Waals surface area (Å²) in [6, 6.07) is 18.8. The van der Waals surface area contributed by atoms with Crippen molar-refractivity contribution in [2.75, 3.05) is 126 Å². The fourth-order valence-electron chi connectivity index (χ4n) is 9.34. The van der Waals surface area contributed by atoms with Gasteiger partial charge < -0.3 is 49.4 Å². The Balaban J connectivity index is 0.698. The predicted octanol–water partition coefficient (Wildman–Crippen LogP) is 4.86. The lowest BCUT2D eigenvalue weighted by atomic mass is 10.0. The van der Waals surface area contributed by atoms with E-state index in [1.165, 1.54) is 29.2 Å². The lowest BCUT2D eigenvalue weighted by molar-refractivity contribution is -0.135. The van der Waals surface area contributed by atoms with E-state index >= 15 is 0 Å². The molecule has 5 N–H and O–H groups in total. The molecule has 77 heavy (non-hydrogen) atoms. The number of nitrogens with zero attached hydrogens (tertiary/aromatic N) is 4. The Hall–Kier alpha value is -7.37. The van der Waals surface area contributed by atoms with Crippen molar-refractivity contribution >= 4 is 69.6 Å². The summed E-state index contributed by atoms with van der Waals surface area (Å²) in [6.45, 7) is 6.77. The second kappa shape index (κ2) is 27.6. The minimum atomic E-state index is -0.849. The number of benzene rings is 4. The molecule has 3 aliphatic heterocycles. The number of nitrogens with one attached hydrogen (secondary N) is 5. The normalized spacial score (nSPS) is 16.1. The maximum Gasteiger partial charge on any atom is 0.261 e. The summed E-state index contributed by atoms with van der Waals surface area (Å²) < 4.78 is 56.0. The van der Waals surface area contributed by atoms with Crippen LogP contribution in [-0.4, -0.2) is 169 Å². The molecule has 1 aromatic heterocycles. The second-order valence-electron chi connectivity index (χ2n) is 18.9. The Kier molecular flexibility index (Phi) is 20.0. The molecule has 410 valence electrons. The molecule has 8 rings (SSSR count). The summed E-state index contributed by atoms with van der Waals surface area (Å²) in [5.41, 5.74) is 5.00. The number of aromatic nitrogens is 2. The molecular weight excluding hydrogens is 1000 g/mol. The summed E-state index contributed by atoms with van der Waals surface area (Å²) in [6.07, 6.45) is 3.01. The van der Waals surface area contributed by atoms with Crippen molar-refractivity contribution in [1.82, 2.24) is 25.7 Å². The van der Waals surface area contributed by atoms with Crippen molar-refractivity contribution in [3.8, 4) is 0 Å². The molecule has 3 aliphatic rings. The number of aldehydes is 1. The molecule has 20 nitrogen and oxygen atoms in total. The summed E-state index contributed by atoms with van der Waals surface area (Å²) in [5, 5.41) is 19.7. The highest BCUT2D eigenvalue weighted by Crippen LogP contribution is 2.32. The molecule has 1 atom stereocenters. The molecule has 22 heteroatoms. The standard InChI is InChI=1S/C55H65F2N9O11/c1-64(52-46-31-36(2-7-47(46)62-63-52)28-37-29-39(56)33-40(57)30-37)55(72)45-6-4-43(34-49(45)59-41-10-18-73-19-11-41)65-14-16-66(17-15-65)51(69)12-20-74-22-24-76-26-27-77-25-23-75-21-13-58-42-3-5-44(38(32-42)35-67)53(70)60-48-8-9-50(68)61-54(48)71/h2-7,29-35,41,48,58-59H,8-28H2,1H3,(H,60,70)(H,62,63)(H,61,68,71). The van der Waals surface area contributed by atoms with Crippen LogP contribution in [0.5, 0.6) is 0 Å². The SMILES string of the molecule is CN(C(=O)c1ccc(N2CCN(C(=O)CCOCCOCCOCCOCCNc3ccc(C(=O)NC4CCC(=O)NC4=O)c(C=O)c3)CC2)cc1NC1CCOCC1)c1n[nH]c2ccc(Cc3cc(F)cc(F)c3)cc12. The zero-order valence-electron chi connectivity index (χ0n) is 43.0. The van der Waals surface area contributed by atoms with Gasteiger partial charge in [0.1, 0.15) is 17.7 Å². The van der Waals surface area contributed by atoms with E-state index in [1.54, 1.807) is 13.1 Å². The Bertz CT molecular complexity index is 2850. The predicted molar refractivity (Wildman–Crippen MR) is 283 cm³/mol. The van der Waals surface area contributed by atoms with E-state index in [2.05, 4.69) is 36.4 Å². The monoisotopic (exact) mass is 1070 g/mol. The quantitative estimate of drug-likeness (QED) is 0.0283. The maximum absolute atomic E-state index is 14.4. The molecule has 1 unspecified atom stereocenters. The zero-order valence-corrected chi connectivity index (χ0v) is 43.0. The number of piperazine rings is 1. The first-order valence-electron chi connectivity index (χ1n) is 25.9. The number of imide groups is 1. The summed E-state index contributed by atoms with van der Waals surface area (Å²) in [4.78, 5) is 80.9. The lowest BCUT2D eigenvalue weighted by Gasteiger charge is -2.36. The van der Waals surface area contributed by atoms with Gasteiger partial charge in [-0.1, -0.05) is 6.07 Å². The number of carbonyl (C=O) groups is 6. The molecule has 3 saturated heterocycles. The lowest BCUT2D eigenvalue weighted by Crippen LogP contribution is -2.52. The van der Waals surface area contributed by atoms with Gasteiger partial charge in [-0.15, -0.1) is 0 Å². The van der Waals surface area contributed by atoms with Gasteiger partial charge in [0.05, 0.1) is 70.4 Å². The Morgan fingerprint density at radius 3 is 2.18 bits per heavy atom. The smallest absolute Gasteiger partial charge is 0.261 e. The first kappa shape index (κ1) is 55.9. The van der Waals surface area contributed by atoms with Gasteiger partial charge in [0, 0.05) is 105 Å². The van der Waals surface area contributed by atoms with Crippen LogP contribution < -0.4 is 31.1 Å². The van der Waals surface area contributed by atoms with Crippen molar-refractivity contribution in [2.45, 2.75) is 50.6 Å². The van der Waals surface area contributed by atoms with E-state index in [0.717, 1.165) is 30.2 Å². The molecule has 0 spiro atoms. The third-order valence-electron chi connectivity index (χ3n) is 13.5. The van der Waals surface area contributed by atoms with Crippen LogP contribution in [0.4, 0.5) is 31.7 Å². The maximum atomic E-state index is 14.4. The minimum absolute atomic E-state index is 0.0145. The number of hydrogen-bond donors (Lipinski definition) is 5. The number of H-pyrrole nitrogens is 1. The number of piperidine rings is 1. The summed E-state index contributed by atoms with van der Waals surface area (Å²) >= 11 is 0. The van der Waals surface area contributed by atoms with Crippen LogP contribution in [0.2, 0.25) is 0 Å². The van der Waals surface area contributed by atoms with Crippen LogP contribution in [0.15, 0.2) is 72.8 Å². The fraction of sp³-hybridized carbons (Fsp3) is 0.436. The van der Waals surface area contributed by atoms with Gasteiger partial charge in [-0.2, -0.15) is 5.10 Å². The van der Waals surface area contributed by atoms with Gasteiger partial charge >= 0.3 is 0 Å². The molecule has 4 heterocycles. The van der Waals surface area contributed by atoms with Crippen molar-refractivity contribution in [3.05, 3.63) is 112 Å². The van der Waals surface area contributed by atoms with Crippen LogP contribution in [-0.2, 0) is 44.5 Å². The number of anilines is 4. The molecule has 0 aliphatic carbocycles. The molecule has 4 aromatic carbocycles. The Morgan fingerprint density at radius 2 is 1.48 bits per heavy atom. The van der Waals surface area contributed by atoms with E-state index < -0.39 is 29.5 Å². The molecule has 0 radical (unpaired) electrons. The highest BCUT2D eigenvalue weighted by molar-refractivity contribution is 6.12. The van der Waals surface area contributed by atoms with E-state index in [9.17, 15) is 37.5 Å². The number of ether oxygens (including phenoxy) is 5. The van der Waals surface area contributed by atoms with E-state index in [-0.39, 0.29) is 60.8 Å². The molecule has 0 saturated carbocycles. The average molecular weight is 1070 g/mol. The number of halogens is 2. The van der Waals surface area contributed by atoms with Crippen molar-refractivity contribution in [3.63, 3.8) is 0 Å². The first-order valence-corrected chi connectivity index (χ1v) is 25.9. The number of carbonyl (C=O) groups excluding carboxylic acids is 6. The van der Waals surface area contributed by atoms with Crippen LogP contribution in [0, 0.1) is 11.6 Å². The largest absolute Gasteiger partial charge is 0.383 e. The van der Waals surface area contributed by atoms with Crippen LogP contribution in [0.3, 0.4) is 0 Å². The highest BCUT2D eigenvalue weighted by Gasteiger charge is 2.30. The Labute approximate surface area is 444 Å². The van der Waals surface area contributed by atoms with Gasteiger partial charge in [0.2, 0.25) is 17.7 Å². The molecule has 3 fully saturated rings. The number of rotatable bonds is 26. The molecule has 5 amide bonds. The Morgan fingerprint density at radius 1 is 0.792 bits per heavy atom. The topological polar surface area (TPSA) is 235 Å². The second-order valence-corrected chi connectivity index (χ2v) is 18.9. The fourth-order valence-corrected chi connectivity index (χ4v) is 9.34. The summed E-state index contributed by atoms with van der Waals surface area (Å²) in [7, 11) is 1.68. The van der Waals surface area contributed by atoms with Crippen molar-refractivity contribution in [1.29, 1.82) is 0 Å². The van der Waals surface area contributed by atoms with Crippen LogP contribution >= 0.6 is 0 Å². The number of aromatic amines is 1. The number of fused-ring (bicyclic) bond motifs is 1. The highest BCUT2D eigenvalue weighted by atomic mass is 19.1. The van der Waals surface area contributed by atoms with Crippen molar-refractivity contribution < 1.29 is 61.2 Å². The van der Waals surface area contributed by atoms with E-state index in [0.29, 0.717) is 144 Å². The van der Waals surface area contributed by atoms with Gasteiger partial charge in [-0.25, -0.2) is 8.78 Å². The summed E-state index contributed by atoms with van der Waals surface area (Å²) in [5.74, 6) is -2.66. The minimum Gasteiger partial charge on any atom is -0.383 e. The average Bonchev–Trinajstić information content (AvgIpc) is 3.86. The first-order chi connectivity index (χ1) is 37.4.